The average molecular weight is 364 g/mol. The van der Waals surface area contributed by atoms with Crippen LogP contribution in [0.4, 0.5) is 5.00 Å². The number of hydrogen-bond acceptors (Lipinski definition) is 4. The molecule has 24 heavy (non-hydrogen) atoms. The van der Waals surface area contributed by atoms with E-state index in [1.165, 1.54) is 18.4 Å². The van der Waals surface area contributed by atoms with Crippen LogP contribution in [0.3, 0.4) is 0 Å². The summed E-state index contributed by atoms with van der Waals surface area (Å²) >= 11 is 7.48. The van der Waals surface area contributed by atoms with Gasteiger partial charge >= 0.3 is 5.97 Å². The molecule has 1 aliphatic rings. The molecular formula is C18H18ClNO3S. The Morgan fingerprint density at radius 3 is 2.67 bits per heavy atom. The van der Waals surface area contributed by atoms with Crippen LogP contribution in [-0.2, 0) is 9.53 Å². The maximum absolute atomic E-state index is 12.4. The van der Waals surface area contributed by atoms with Crippen molar-refractivity contribution in [2.75, 3.05) is 12.4 Å². The van der Waals surface area contributed by atoms with Gasteiger partial charge in [0.1, 0.15) is 10.6 Å². The van der Waals surface area contributed by atoms with Gasteiger partial charge in [0.25, 0.3) is 0 Å². The van der Waals surface area contributed by atoms with Crippen molar-refractivity contribution in [1.82, 2.24) is 0 Å². The minimum atomic E-state index is -0.460. The molecule has 1 heterocycles. The number of carbonyl (C=O) groups excluding carboxylic acids is 2. The number of esters is 1. The highest BCUT2D eigenvalue weighted by Gasteiger charge is 2.29. The molecule has 0 saturated heterocycles. The molecule has 1 amide bonds. The third-order valence-electron chi connectivity index (χ3n) is 4.30. The van der Waals surface area contributed by atoms with Crippen LogP contribution in [0.2, 0.25) is 5.02 Å². The first-order valence-electron chi connectivity index (χ1n) is 7.79. The van der Waals surface area contributed by atoms with Crippen LogP contribution in [-0.4, -0.2) is 19.0 Å². The summed E-state index contributed by atoms with van der Waals surface area (Å²) in [6.45, 7) is 1.92. The van der Waals surface area contributed by atoms with Crippen molar-refractivity contribution < 1.29 is 14.3 Å². The predicted octanol–water partition coefficient (Wildman–Crippen LogP) is 4.90. The van der Waals surface area contributed by atoms with Crippen LogP contribution in [0.15, 0.2) is 24.3 Å². The quantitative estimate of drug-likeness (QED) is 0.786. The first-order chi connectivity index (χ1) is 11.5. The number of amides is 1. The number of aryl methyl sites for hydroxylation is 1. The van der Waals surface area contributed by atoms with Gasteiger partial charge in [-0.05, 0) is 37.5 Å². The van der Waals surface area contributed by atoms with Crippen LogP contribution in [0, 0.1) is 12.8 Å². The molecule has 0 atom stereocenters. The monoisotopic (exact) mass is 363 g/mol. The van der Waals surface area contributed by atoms with E-state index in [1.54, 1.807) is 12.1 Å². The van der Waals surface area contributed by atoms with E-state index in [2.05, 4.69) is 5.32 Å². The van der Waals surface area contributed by atoms with Gasteiger partial charge in [-0.15, -0.1) is 11.3 Å². The van der Waals surface area contributed by atoms with Crippen LogP contribution in [0.25, 0.3) is 11.1 Å². The lowest BCUT2D eigenvalue weighted by Crippen LogP contribution is -2.28. The number of hydrogen-bond donors (Lipinski definition) is 1. The van der Waals surface area contributed by atoms with Crippen molar-refractivity contribution in [3.05, 3.63) is 39.7 Å². The minimum absolute atomic E-state index is 0.0229. The van der Waals surface area contributed by atoms with E-state index in [9.17, 15) is 9.59 Å². The van der Waals surface area contributed by atoms with Crippen molar-refractivity contribution in [3.8, 4) is 11.1 Å². The van der Waals surface area contributed by atoms with Gasteiger partial charge in [-0.1, -0.05) is 30.2 Å². The highest BCUT2D eigenvalue weighted by atomic mass is 35.5. The molecular weight excluding hydrogens is 346 g/mol. The van der Waals surface area contributed by atoms with Gasteiger partial charge in [-0.3, -0.25) is 4.79 Å². The van der Waals surface area contributed by atoms with Crippen molar-refractivity contribution in [2.24, 2.45) is 5.92 Å². The minimum Gasteiger partial charge on any atom is -0.465 e. The van der Waals surface area contributed by atoms with Gasteiger partial charge in [-0.25, -0.2) is 4.79 Å². The largest absolute Gasteiger partial charge is 0.465 e. The molecule has 1 saturated carbocycles. The summed E-state index contributed by atoms with van der Waals surface area (Å²) in [6.07, 6.45) is 2.90. The summed E-state index contributed by atoms with van der Waals surface area (Å²) < 4.78 is 4.95. The Kier molecular flexibility index (Phi) is 4.92. The molecule has 1 fully saturated rings. The molecule has 0 radical (unpaired) electrons. The molecule has 1 aromatic carbocycles. The molecule has 2 aromatic rings. The highest BCUT2D eigenvalue weighted by molar-refractivity contribution is 7.17. The second kappa shape index (κ2) is 6.95. The van der Waals surface area contributed by atoms with Gasteiger partial charge in [0.05, 0.1) is 7.11 Å². The third kappa shape index (κ3) is 3.19. The second-order valence-corrected chi connectivity index (χ2v) is 7.52. The van der Waals surface area contributed by atoms with Gasteiger partial charge < -0.3 is 10.1 Å². The highest BCUT2D eigenvalue weighted by Crippen LogP contribution is 2.41. The Hall–Kier alpha value is -1.85. The number of thiophene rings is 1. The van der Waals surface area contributed by atoms with Crippen LogP contribution < -0.4 is 5.32 Å². The molecule has 0 unspecified atom stereocenters. The summed E-state index contributed by atoms with van der Waals surface area (Å²) in [5.41, 5.74) is 1.99. The molecule has 1 aliphatic carbocycles. The molecule has 3 rings (SSSR count). The molecule has 126 valence electrons. The fraction of sp³-hybridized carbons (Fsp3) is 0.333. The topological polar surface area (TPSA) is 55.4 Å². The van der Waals surface area contributed by atoms with Crippen molar-refractivity contribution in [1.29, 1.82) is 0 Å². The smallest absolute Gasteiger partial charge is 0.341 e. The predicted molar refractivity (Wildman–Crippen MR) is 96.8 cm³/mol. The normalized spacial score (nSPS) is 14.1. The fourth-order valence-electron chi connectivity index (χ4n) is 2.81. The summed E-state index contributed by atoms with van der Waals surface area (Å²) in [4.78, 5) is 25.6. The van der Waals surface area contributed by atoms with Crippen LogP contribution in [0.1, 0.15) is 34.5 Å². The van der Waals surface area contributed by atoms with Gasteiger partial charge in [0, 0.05) is 21.4 Å². The van der Waals surface area contributed by atoms with Gasteiger partial charge in [0.2, 0.25) is 5.91 Å². The zero-order valence-corrected chi connectivity index (χ0v) is 15.1. The summed E-state index contributed by atoms with van der Waals surface area (Å²) in [6, 6.07) is 7.32. The molecule has 1 N–H and O–H groups in total. The number of carbonyl (C=O) groups is 2. The number of anilines is 1. The molecule has 0 aliphatic heterocycles. The van der Waals surface area contributed by atoms with Gasteiger partial charge in [0.15, 0.2) is 0 Å². The maximum atomic E-state index is 12.4. The summed E-state index contributed by atoms with van der Waals surface area (Å²) in [5, 5.41) is 4.06. The first-order valence-corrected chi connectivity index (χ1v) is 8.99. The average Bonchev–Trinajstić information content (AvgIpc) is 2.80. The van der Waals surface area contributed by atoms with E-state index < -0.39 is 5.97 Å². The van der Waals surface area contributed by atoms with E-state index in [0.717, 1.165) is 35.3 Å². The van der Waals surface area contributed by atoms with E-state index in [1.807, 2.05) is 19.1 Å². The Morgan fingerprint density at radius 2 is 2.08 bits per heavy atom. The zero-order valence-electron chi connectivity index (χ0n) is 13.5. The molecule has 0 bridgehead atoms. The molecule has 1 aromatic heterocycles. The van der Waals surface area contributed by atoms with Crippen molar-refractivity contribution >= 4 is 39.8 Å². The second-order valence-electron chi connectivity index (χ2n) is 5.86. The van der Waals surface area contributed by atoms with Gasteiger partial charge in [-0.2, -0.15) is 0 Å². The molecule has 0 spiro atoms. The Balaban J connectivity index is 2.05. The summed E-state index contributed by atoms with van der Waals surface area (Å²) in [7, 11) is 1.34. The number of nitrogens with one attached hydrogen (secondary N) is 1. The molecule has 6 heteroatoms. The Morgan fingerprint density at radius 1 is 1.33 bits per heavy atom. The Labute approximate surface area is 149 Å². The third-order valence-corrected chi connectivity index (χ3v) is 5.56. The SMILES string of the molecule is COC(=O)c1c(NC(=O)C2CCC2)sc(C)c1-c1cccc(Cl)c1. The van der Waals surface area contributed by atoms with Crippen LogP contribution >= 0.6 is 22.9 Å². The van der Waals surface area contributed by atoms with Crippen LogP contribution in [0.5, 0.6) is 0 Å². The standard InChI is InChI=1S/C18H18ClNO3S/c1-10-14(12-7-4-8-13(19)9-12)15(18(22)23-2)17(24-10)20-16(21)11-5-3-6-11/h4,7-9,11H,3,5-6H2,1-2H3,(H,20,21). The number of ether oxygens (including phenoxy) is 1. The van der Waals surface area contributed by atoms with E-state index >= 15 is 0 Å². The Bertz CT molecular complexity index is 796. The van der Waals surface area contributed by atoms with E-state index in [0.29, 0.717) is 15.6 Å². The maximum Gasteiger partial charge on any atom is 0.341 e. The number of methoxy groups -OCH3 is 1. The fourth-order valence-corrected chi connectivity index (χ4v) is 4.06. The lowest BCUT2D eigenvalue weighted by molar-refractivity contribution is -0.122. The number of rotatable bonds is 4. The number of halogens is 1. The van der Waals surface area contributed by atoms with Crippen molar-refractivity contribution in [2.45, 2.75) is 26.2 Å². The molecule has 4 nitrogen and oxygen atoms in total. The lowest BCUT2D eigenvalue weighted by atomic mass is 9.85. The van der Waals surface area contributed by atoms with E-state index in [-0.39, 0.29) is 11.8 Å². The zero-order chi connectivity index (χ0) is 17.3. The van der Waals surface area contributed by atoms with E-state index in [4.69, 9.17) is 16.3 Å². The van der Waals surface area contributed by atoms with Crippen molar-refractivity contribution in [3.63, 3.8) is 0 Å². The summed E-state index contributed by atoms with van der Waals surface area (Å²) in [5.74, 6) is -0.434. The lowest BCUT2D eigenvalue weighted by Gasteiger charge is -2.23. The first kappa shape index (κ1) is 17.0. The number of benzene rings is 1.